The van der Waals surface area contributed by atoms with Crippen molar-refractivity contribution >= 4 is 29.9 Å². The summed E-state index contributed by atoms with van der Waals surface area (Å²) in [7, 11) is 1.60. The van der Waals surface area contributed by atoms with Crippen molar-refractivity contribution in [2.45, 2.75) is 31.9 Å². The lowest BCUT2D eigenvalue weighted by Crippen LogP contribution is -2.40. The Morgan fingerprint density at radius 3 is 2.29 bits per heavy atom. The minimum absolute atomic E-state index is 0. The summed E-state index contributed by atoms with van der Waals surface area (Å²) in [5, 5.41) is 6.23. The highest BCUT2D eigenvalue weighted by Gasteiger charge is 2.34. The molecule has 0 aromatic heterocycles. The number of rotatable bonds is 8. The molecule has 1 saturated heterocycles. The van der Waals surface area contributed by atoms with Crippen LogP contribution in [0.1, 0.15) is 17.5 Å². The number of benzene rings is 1. The molecule has 1 unspecified atom stereocenters. The summed E-state index contributed by atoms with van der Waals surface area (Å²) < 4.78 is 78.2. The van der Waals surface area contributed by atoms with E-state index in [1.807, 2.05) is 0 Å². The lowest BCUT2D eigenvalue weighted by molar-refractivity contribution is -0.176. The van der Waals surface area contributed by atoms with Gasteiger partial charge in [0.1, 0.15) is 6.61 Å². The minimum atomic E-state index is -4.35. The van der Waals surface area contributed by atoms with Crippen molar-refractivity contribution in [3.8, 4) is 0 Å². The van der Waals surface area contributed by atoms with E-state index in [1.165, 1.54) is 4.90 Å². The van der Waals surface area contributed by atoms with E-state index in [0.717, 1.165) is 5.56 Å². The largest absolute Gasteiger partial charge is 0.411 e. The van der Waals surface area contributed by atoms with Crippen molar-refractivity contribution in [3.05, 3.63) is 35.4 Å². The fraction of sp³-hybridized carbons (Fsp3) is 0.632. The van der Waals surface area contributed by atoms with Crippen molar-refractivity contribution < 1.29 is 31.1 Å². The first kappa shape index (κ1) is 27.8. The fourth-order valence-corrected chi connectivity index (χ4v) is 3.16. The third kappa shape index (κ3) is 11.8. The predicted molar refractivity (Wildman–Crippen MR) is 116 cm³/mol. The van der Waals surface area contributed by atoms with Crippen molar-refractivity contribution in [1.82, 2.24) is 15.5 Å². The Labute approximate surface area is 194 Å². The number of likely N-dealkylation sites (tertiary alicyclic amines) is 1. The van der Waals surface area contributed by atoms with E-state index in [-0.39, 0.29) is 36.5 Å². The van der Waals surface area contributed by atoms with Crippen LogP contribution in [0.3, 0.4) is 0 Å². The first-order chi connectivity index (χ1) is 14.0. The molecule has 1 heterocycles. The lowest BCUT2D eigenvalue weighted by Gasteiger charge is -2.18. The molecule has 1 aliphatic rings. The topological polar surface area (TPSA) is 48.9 Å². The molecule has 0 spiro atoms. The Kier molecular flexibility index (Phi) is 11.4. The van der Waals surface area contributed by atoms with Crippen molar-refractivity contribution in [3.63, 3.8) is 0 Å². The molecule has 0 radical (unpaired) electrons. The highest BCUT2D eigenvalue weighted by molar-refractivity contribution is 14.0. The van der Waals surface area contributed by atoms with E-state index < -0.39 is 25.5 Å². The number of aliphatic imine (C=N–C) groups is 1. The second kappa shape index (κ2) is 12.7. The molecule has 5 nitrogen and oxygen atoms in total. The summed E-state index contributed by atoms with van der Waals surface area (Å²) in [6, 6.07) is 6.94. The Bertz CT molecular complexity index is 681. The molecule has 1 fully saturated rings. The summed E-state index contributed by atoms with van der Waals surface area (Å²) in [5.74, 6) is 0.642. The molecule has 0 aliphatic carbocycles. The van der Waals surface area contributed by atoms with Crippen LogP contribution in [0.15, 0.2) is 29.3 Å². The van der Waals surface area contributed by atoms with Gasteiger partial charge in [-0.05, 0) is 30.0 Å². The Morgan fingerprint density at radius 2 is 1.71 bits per heavy atom. The maximum absolute atomic E-state index is 12.5. The number of alkyl halides is 6. The first-order valence-corrected chi connectivity index (χ1v) is 9.50. The number of nitrogens with zero attached hydrogens (tertiary/aromatic N) is 2. The van der Waals surface area contributed by atoms with Gasteiger partial charge in [0.05, 0.1) is 13.2 Å². The Hall–Kier alpha value is -1.28. The van der Waals surface area contributed by atoms with Gasteiger partial charge >= 0.3 is 12.4 Å². The van der Waals surface area contributed by atoms with Gasteiger partial charge in [-0.3, -0.25) is 9.89 Å². The van der Waals surface area contributed by atoms with Gasteiger partial charge in [0.2, 0.25) is 0 Å². The molecule has 1 atom stereocenters. The van der Waals surface area contributed by atoms with E-state index in [2.05, 4.69) is 20.4 Å². The van der Waals surface area contributed by atoms with E-state index in [0.29, 0.717) is 44.1 Å². The van der Waals surface area contributed by atoms with E-state index in [9.17, 15) is 26.3 Å². The summed E-state index contributed by atoms with van der Waals surface area (Å²) in [5.41, 5.74) is 1.53. The van der Waals surface area contributed by atoms with Gasteiger partial charge in [-0.1, -0.05) is 24.3 Å². The van der Waals surface area contributed by atoms with Gasteiger partial charge in [-0.25, -0.2) is 0 Å². The third-order valence-corrected chi connectivity index (χ3v) is 4.57. The Balaban J connectivity index is 0.00000480. The van der Waals surface area contributed by atoms with Gasteiger partial charge in [0.25, 0.3) is 0 Å². The van der Waals surface area contributed by atoms with Gasteiger partial charge in [-0.15, -0.1) is 24.0 Å². The molecule has 2 N–H and O–H groups in total. The summed E-state index contributed by atoms with van der Waals surface area (Å²) in [4.78, 5) is 5.50. The molecular formula is C19H27F6IN4O. The zero-order valence-electron chi connectivity index (χ0n) is 17.0. The number of halogens is 7. The van der Waals surface area contributed by atoms with Crippen LogP contribution in [0.25, 0.3) is 0 Å². The molecule has 178 valence electrons. The second-order valence-electron chi connectivity index (χ2n) is 7.24. The smallest absolute Gasteiger partial charge is 0.367 e. The highest BCUT2D eigenvalue weighted by atomic mass is 127. The maximum atomic E-state index is 12.5. The van der Waals surface area contributed by atoms with Gasteiger partial charge in [-0.2, -0.15) is 26.3 Å². The molecule has 0 saturated carbocycles. The normalized spacial score (nSPS) is 18.0. The van der Waals surface area contributed by atoms with Crippen molar-refractivity contribution in [2.24, 2.45) is 10.9 Å². The van der Waals surface area contributed by atoms with Crippen LogP contribution in [-0.4, -0.2) is 63.0 Å². The number of hydrogen-bond donors (Lipinski definition) is 2. The van der Waals surface area contributed by atoms with Gasteiger partial charge in [0, 0.05) is 26.7 Å². The average Bonchev–Trinajstić information content (AvgIpc) is 3.07. The molecule has 0 amide bonds. The third-order valence-electron chi connectivity index (χ3n) is 4.57. The average molecular weight is 568 g/mol. The lowest BCUT2D eigenvalue weighted by atomic mass is 10.1. The number of ether oxygens (including phenoxy) is 1. The maximum Gasteiger partial charge on any atom is 0.411 e. The van der Waals surface area contributed by atoms with Crippen LogP contribution in [0, 0.1) is 5.92 Å². The summed E-state index contributed by atoms with van der Waals surface area (Å²) >= 11 is 0. The summed E-state index contributed by atoms with van der Waals surface area (Å²) in [6.07, 6.45) is -7.83. The van der Waals surface area contributed by atoms with Crippen LogP contribution in [0.5, 0.6) is 0 Å². The zero-order valence-corrected chi connectivity index (χ0v) is 19.4. The van der Waals surface area contributed by atoms with Crippen LogP contribution in [-0.2, 0) is 17.9 Å². The van der Waals surface area contributed by atoms with Gasteiger partial charge < -0.3 is 15.4 Å². The molecule has 12 heteroatoms. The Morgan fingerprint density at radius 1 is 1.06 bits per heavy atom. The van der Waals surface area contributed by atoms with Crippen molar-refractivity contribution in [2.75, 3.05) is 39.8 Å². The van der Waals surface area contributed by atoms with E-state index in [1.54, 1.807) is 31.3 Å². The highest BCUT2D eigenvalue weighted by Crippen LogP contribution is 2.22. The first-order valence-electron chi connectivity index (χ1n) is 9.50. The van der Waals surface area contributed by atoms with E-state index >= 15 is 0 Å². The molecular weight excluding hydrogens is 541 g/mol. The minimum Gasteiger partial charge on any atom is -0.367 e. The molecule has 1 aliphatic heterocycles. The van der Waals surface area contributed by atoms with E-state index in [4.69, 9.17) is 0 Å². The van der Waals surface area contributed by atoms with Crippen LogP contribution < -0.4 is 10.6 Å². The van der Waals surface area contributed by atoms with Crippen molar-refractivity contribution in [1.29, 1.82) is 0 Å². The number of hydrogen-bond acceptors (Lipinski definition) is 3. The standard InChI is InChI=1S/C19H26F6N4O.HI/c1-26-17(28-9-16-6-7-29(10-16)12-18(20,21)22)27-8-14-2-4-15(5-3-14)11-30-13-19(23,24)25;/h2-5,16H,6-13H2,1H3,(H2,26,27,28);1H. The number of nitrogens with one attached hydrogen (secondary N) is 2. The molecule has 0 bridgehead atoms. The quantitative estimate of drug-likeness (QED) is 0.216. The molecule has 2 rings (SSSR count). The molecule has 1 aromatic rings. The van der Waals surface area contributed by atoms with Gasteiger partial charge in [0.15, 0.2) is 5.96 Å². The predicted octanol–water partition coefficient (Wildman–Crippen LogP) is 3.93. The van der Waals surface area contributed by atoms with Crippen LogP contribution >= 0.6 is 24.0 Å². The number of guanidine groups is 1. The van der Waals surface area contributed by atoms with Crippen LogP contribution in [0.4, 0.5) is 26.3 Å². The molecule has 1 aromatic carbocycles. The monoisotopic (exact) mass is 568 g/mol. The fourth-order valence-electron chi connectivity index (χ4n) is 3.16. The van der Waals surface area contributed by atoms with Crippen LogP contribution in [0.2, 0.25) is 0 Å². The second-order valence-corrected chi connectivity index (χ2v) is 7.24. The SMILES string of the molecule is CN=C(NCc1ccc(COCC(F)(F)F)cc1)NCC1CCN(CC(F)(F)F)C1.I. The summed E-state index contributed by atoms with van der Waals surface area (Å²) in [6.45, 7) is -0.514. The zero-order chi connectivity index (χ0) is 22.2. The molecule has 31 heavy (non-hydrogen) atoms.